The number of hydrogen-bond donors (Lipinski definition) is 2. The summed E-state index contributed by atoms with van der Waals surface area (Å²) in [6.45, 7) is 2.17. The zero-order chi connectivity index (χ0) is 22.8. The predicted octanol–water partition coefficient (Wildman–Crippen LogP) is 3.92. The van der Waals surface area contributed by atoms with Crippen molar-refractivity contribution < 1.29 is 14.3 Å². The van der Waals surface area contributed by atoms with Gasteiger partial charge in [-0.1, -0.05) is 36.4 Å². The standard InChI is InChI=1S/C25H22N4O3/c1-18-6-2-5-9-23(18)28-24(30)14-25(31)29-27-16-19-10-12-22(13-11-19)32-17-21-8-4-3-7-20(21)15-26/h2-13,16H,14,17H2,1H3,(H,28,30)(H,29,31). The lowest BCUT2D eigenvalue weighted by Crippen LogP contribution is -2.24. The third kappa shape index (κ3) is 6.54. The molecule has 3 rings (SSSR count). The van der Waals surface area contributed by atoms with Crippen LogP contribution in [0.3, 0.4) is 0 Å². The van der Waals surface area contributed by atoms with Crippen LogP contribution < -0.4 is 15.5 Å². The highest BCUT2D eigenvalue weighted by Gasteiger charge is 2.10. The second-order valence-corrected chi connectivity index (χ2v) is 6.96. The van der Waals surface area contributed by atoms with Crippen molar-refractivity contribution in [1.29, 1.82) is 5.26 Å². The van der Waals surface area contributed by atoms with E-state index in [0.29, 0.717) is 17.0 Å². The quantitative estimate of drug-likeness (QED) is 0.324. The van der Waals surface area contributed by atoms with Crippen molar-refractivity contribution in [2.45, 2.75) is 20.0 Å². The van der Waals surface area contributed by atoms with Gasteiger partial charge in [0, 0.05) is 11.3 Å². The summed E-state index contributed by atoms with van der Waals surface area (Å²) in [7, 11) is 0. The molecule has 2 N–H and O–H groups in total. The van der Waals surface area contributed by atoms with Gasteiger partial charge in [0.2, 0.25) is 11.8 Å². The van der Waals surface area contributed by atoms with Gasteiger partial charge in [0.25, 0.3) is 0 Å². The molecule has 7 heteroatoms. The average molecular weight is 426 g/mol. The molecule has 0 unspecified atom stereocenters. The van der Waals surface area contributed by atoms with Crippen LogP contribution in [-0.2, 0) is 16.2 Å². The average Bonchev–Trinajstić information content (AvgIpc) is 2.80. The van der Waals surface area contributed by atoms with Crippen LogP contribution in [0.2, 0.25) is 0 Å². The third-order valence-corrected chi connectivity index (χ3v) is 4.56. The van der Waals surface area contributed by atoms with E-state index >= 15 is 0 Å². The van der Waals surface area contributed by atoms with Gasteiger partial charge >= 0.3 is 0 Å². The number of nitriles is 1. The topological polar surface area (TPSA) is 104 Å². The molecule has 0 saturated heterocycles. The number of nitrogens with one attached hydrogen (secondary N) is 2. The van der Waals surface area contributed by atoms with Crippen molar-refractivity contribution in [2.75, 3.05) is 5.32 Å². The lowest BCUT2D eigenvalue weighted by Gasteiger charge is -2.08. The highest BCUT2D eigenvalue weighted by atomic mass is 16.5. The van der Waals surface area contributed by atoms with Crippen LogP contribution >= 0.6 is 0 Å². The Morgan fingerprint density at radius 2 is 1.72 bits per heavy atom. The van der Waals surface area contributed by atoms with Crippen LogP contribution in [0, 0.1) is 18.3 Å². The van der Waals surface area contributed by atoms with E-state index in [1.807, 2.05) is 43.3 Å². The van der Waals surface area contributed by atoms with Gasteiger partial charge in [0.1, 0.15) is 18.8 Å². The number of anilines is 1. The third-order valence-electron chi connectivity index (χ3n) is 4.56. The van der Waals surface area contributed by atoms with Gasteiger partial charge in [-0.3, -0.25) is 9.59 Å². The maximum Gasteiger partial charge on any atom is 0.249 e. The minimum atomic E-state index is -0.511. The molecule has 2 amide bonds. The van der Waals surface area contributed by atoms with Crippen molar-refractivity contribution >= 4 is 23.7 Å². The van der Waals surface area contributed by atoms with Crippen molar-refractivity contribution in [3.8, 4) is 11.8 Å². The second kappa shape index (κ2) is 11.1. The van der Waals surface area contributed by atoms with E-state index in [1.54, 1.807) is 36.4 Å². The number of benzene rings is 3. The smallest absolute Gasteiger partial charge is 0.249 e. The fourth-order valence-electron chi connectivity index (χ4n) is 2.84. The van der Waals surface area contributed by atoms with E-state index in [1.165, 1.54) is 6.21 Å². The van der Waals surface area contributed by atoms with E-state index in [2.05, 4.69) is 21.9 Å². The first kappa shape index (κ1) is 22.2. The van der Waals surface area contributed by atoms with Crippen LogP contribution in [-0.4, -0.2) is 18.0 Å². The van der Waals surface area contributed by atoms with E-state index < -0.39 is 11.8 Å². The van der Waals surface area contributed by atoms with Crippen LogP contribution in [0.4, 0.5) is 5.69 Å². The molecular formula is C25H22N4O3. The van der Waals surface area contributed by atoms with Gasteiger partial charge in [0.05, 0.1) is 17.8 Å². The number of carbonyl (C=O) groups excluding carboxylic acids is 2. The first-order valence-corrected chi connectivity index (χ1v) is 9.93. The molecule has 0 atom stereocenters. The van der Waals surface area contributed by atoms with Crippen molar-refractivity contribution in [1.82, 2.24) is 5.43 Å². The SMILES string of the molecule is Cc1ccccc1NC(=O)CC(=O)NN=Cc1ccc(OCc2ccccc2C#N)cc1. The van der Waals surface area contributed by atoms with Gasteiger partial charge in [-0.05, 0) is 54.4 Å². The molecule has 160 valence electrons. The number of rotatable bonds is 8. The summed E-state index contributed by atoms with van der Waals surface area (Å²) >= 11 is 0. The van der Waals surface area contributed by atoms with Gasteiger partial charge in [-0.2, -0.15) is 10.4 Å². The van der Waals surface area contributed by atoms with Crippen LogP contribution in [0.1, 0.15) is 28.7 Å². The zero-order valence-electron chi connectivity index (χ0n) is 17.5. The molecule has 0 radical (unpaired) electrons. The summed E-state index contributed by atoms with van der Waals surface area (Å²) < 4.78 is 5.72. The van der Waals surface area contributed by atoms with Gasteiger partial charge in [-0.15, -0.1) is 0 Å². The lowest BCUT2D eigenvalue weighted by molar-refractivity contribution is -0.126. The van der Waals surface area contributed by atoms with Crippen LogP contribution in [0.15, 0.2) is 77.9 Å². The van der Waals surface area contributed by atoms with Crippen molar-refractivity contribution in [3.63, 3.8) is 0 Å². The highest BCUT2D eigenvalue weighted by molar-refractivity contribution is 6.04. The normalized spacial score (nSPS) is 10.4. The van der Waals surface area contributed by atoms with E-state index in [4.69, 9.17) is 10.00 Å². The molecule has 32 heavy (non-hydrogen) atoms. The summed E-state index contributed by atoms with van der Waals surface area (Å²) in [5.41, 5.74) is 6.08. The van der Waals surface area contributed by atoms with E-state index in [9.17, 15) is 9.59 Å². The molecule has 7 nitrogen and oxygen atoms in total. The summed E-state index contributed by atoms with van der Waals surface area (Å²) in [5, 5.41) is 15.7. The Morgan fingerprint density at radius 1 is 1.00 bits per heavy atom. The fourth-order valence-corrected chi connectivity index (χ4v) is 2.84. The molecular weight excluding hydrogens is 404 g/mol. The van der Waals surface area contributed by atoms with Gasteiger partial charge in [-0.25, -0.2) is 5.43 Å². The number of para-hydroxylation sites is 1. The van der Waals surface area contributed by atoms with E-state index in [0.717, 1.165) is 16.7 Å². The maximum atomic E-state index is 12.0. The van der Waals surface area contributed by atoms with Gasteiger partial charge in [0.15, 0.2) is 0 Å². The molecule has 0 fully saturated rings. The minimum absolute atomic E-state index is 0.289. The predicted molar refractivity (Wildman–Crippen MR) is 122 cm³/mol. The summed E-state index contributed by atoms with van der Waals surface area (Å²) in [6, 6.07) is 23.9. The Bertz CT molecular complexity index is 1160. The summed E-state index contributed by atoms with van der Waals surface area (Å²) in [4.78, 5) is 23.9. The minimum Gasteiger partial charge on any atom is -0.489 e. The monoisotopic (exact) mass is 426 g/mol. The Kier molecular flexibility index (Phi) is 7.71. The molecule has 0 aliphatic rings. The van der Waals surface area contributed by atoms with Gasteiger partial charge < -0.3 is 10.1 Å². The Hall–Kier alpha value is -4.44. The Balaban J connectivity index is 1.45. The number of hydrazone groups is 1. The zero-order valence-corrected chi connectivity index (χ0v) is 17.5. The fraction of sp³-hybridized carbons (Fsp3) is 0.120. The first-order valence-electron chi connectivity index (χ1n) is 9.93. The highest BCUT2D eigenvalue weighted by Crippen LogP contribution is 2.16. The number of hydrogen-bond acceptors (Lipinski definition) is 5. The largest absolute Gasteiger partial charge is 0.489 e. The molecule has 0 aliphatic carbocycles. The second-order valence-electron chi connectivity index (χ2n) is 6.96. The molecule has 0 saturated carbocycles. The molecule has 3 aromatic carbocycles. The molecule has 0 aromatic heterocycles. The molecule has 0 bridgehead atoms. The molecule has 0 heterocycles. The molecule has 0 spiro atoms. The molecule has 0 aliphatic heterocycles. The maximum absolute atomic E-state index is 12.0. The summed E-state index contributed by atoms with van der Waals surface area (Å²) in [5.74, 6) is -0.276. The number of carbonyl (C=O) groups is 2. The van der Waals surface area contributed by atoms with Crippen molar-refractivity contribution in [2.24, 2.45) is 5.10 Å². The number of nitrogens with zero attached hydrogens (tertiary/aromatic N) is 2. The number of ether oxygens (including phenoxy) is 1. The Labute approximate surface area is 186 Å². The number of aryl methyl sites for hydroxylation is 1. The number of amides is 2. The first-order chi connectivity index (χ1) is 15.5. The van der Waals surface area contributed by atoms with E-state index in [-0.39, 0.29) is 13.0 Å². The molecule has 3 aromatic rings. The lowest BCUT2D eigenvalue weighted by atomic mass is 10.1. The summed E-state index contributed by atoms with van der Waals surface area (Å²) in [6.07, 6.45) is 1.15. The van der Waals surface area contributed by atoms with Crippen LogP contribution in [0.5, 0.6) is 5.75 Å². The van der Waals surface area contributed by atoms with Crippen LogP contribution in [0.25, 0.3) is 0 Å². The van der Waals surface area contributed by atoms with Crippen molar-refractivity contribution in [3.05, 3.63) is 95.1 Å². The Morgan fingerprint density at radius 3 is 2.47 bits per heavy atom.